The van der Waals surface area contributed by atoms with Crippen molar-refractivity contribution in [3.63, 3.8) is 0 Å². The molecule has 6 nitrogen and oxygen atoms in total. The first-order valence-corrected chi connectivity index (χ1v) is 5.30. The number of nitrogens with zero attached hydrogens (tertiary/aromatic N) is 4. The highest BCUT2D eigenvalue weighted by molar-refractivity contribution is 7.99. The summed E-state index contributed by atoms with van der Waals surface area (Å²) in [6.45, 7) is 0. The van der Waals surface area contributed by atoms with Gasteiger partial charge in [0.05, 0.1) is 5.75 Å². The van der Waals surface area contributed by atoms with Crippen molar-refractivity contribution in [2.75, 3.05) is 5.75 Å². The number of hydrogen-bond donors (Lipinski definition) is 1. The van der Waals surface area contributed by atoms with E-state index in [1.807, 2.05) is 0 Å². The van der Waals surface area contributed by atoms with Crippen LogP contribution in [-0.4, -0.2) is 31.2 Å². The Balaban J connectivity index is 2.39. The van der Waals surface area contributed by atoms with Crippen molar-refractivity contribution < 1.29 is 4.79 Å². The molecule has 0 atom stereocenters. The van der Waals surface area contributed by atoms with Crippen LogP contribution in [0, 0.1) is 0 Å². The summed E-state index contributed by atoms with van der Waals surface area (Å²) in [4.78, 5) is 18.5. The Hall–Kier alpha value is -1.34. The van der Waals surface area contributed by atoms with Crippen LogP contribution in [0.25, 0.3) is 5.78 Å². The van der Waals surface area contributed by atoms with Gasteiger partial charge in [-0.15, -0.1) is 0 Å². The second kappa shape index (κ2) is 4.03. The Morgan fingerprint density at radius 3 is 3.20 bits per heavy atom. The maximum atomic E-state index is 10.6. The van der Waals surface area contributed by atoms with Crippen molar-refractivity contribution in [2.24, 2.45) is 5.73 Å². The van der Waals surface area contributed by atoms with Crippen LogP contribution in [0.15, 0.2) is 17.4 Å². The van der Waals surface area contributed by atoms with E-state index < -0.39 is 5.91 Å². The molecule has 2 rings (SSSR count). The number of carbonyl (C=O) groups excluding carboxylic acids is 1. The van der Waals surface area contributed by atoms with Crippen LogP contribution in [-0.2, 0) is 4.79 Å². The van der Waals surface area contributed by atoms with Crippen molar-refractivity contribution in [1.82, 2.24) is 19.6 Å². The monoisotopic (exact) mass is 243 g/mol. The van der Waals surface area contributed by atoms with Crippen molar-refractivity contribution in [3.05, 3.63) is 17.5 Å². The van der Waals surface area contributed by atoms with Gasteiger partial charge in [0, 0.05) is 6.07 Å². The molecule has 0 unspecified atom stereocenters. The van der Waals surface area contributed by atoms with E-state index in [-0.39, 0.29) is 5.75 Å². The van der Waals surface area contributed by atoms with Gasteiger partial charge in [-0.05, 0) is 0 Å². The highest BCUT2D eigenvalue weighted by atomic mass is 35.5. The first-order valence-electron chi connectivity index (χ1n) is 3.94. The Morgan fingerprint density at radius 1 is 1.67 bits per heavy atom. The van der Waals surface area contributed by atoms with Gasteiger partial charge < -0.3 is 5.73 Å². The number of nitrogens with two attached hydrogens (primary N) is 1. The molecule has 0 aliphatic carbocycles. The van der Waals surface area contributed by atoms with E-state index in [9.17, 15) is 4.79 Å². The molecular weight excluding hydrogens is 238 g/mol. The van der Waals surface area contributed by atoms with Crippen molar-refractivity contribution in [2.45, 2.75) is 5.03 Å². The van der Waals surface area contributed by atoms with E-state index in [0.29, 0.717) is 16.0 Å². The average molecular weight is 244 g/mol. The molecule has 2 heterocycles. The maximum Gasteiger partial charge on any atom is 0.254 e. The van der Waals surface area contributed by atoms with Gasteiger partial charge in [0.25, 0.3) is 5.78 Å². The third kappa shape index (κ3) is 2.18. The zero-order chi connectivity index (χ0) is 10.8. The van der Waals surface area contributed by atoms with E-state index in [2.05, 4.69) is 15.1 Å². The molecule has 2 N–H and O–H groups in total. The van der Waals surface area contributed by atoms with Gasteiger partial charge in [0.2, 0.25) is 5.91 Å². The Bertz CT molecular complexity index is 513. The highest BCUT2D eigenvalue weighted by Gasteiger charge is 2.07. The van der Waals surface area contributed by atoms with Gasteiger partial charge >= 0.3 is 0 Å². The summed E-state index contributed by atoms with van der Waals surface area (Å²) >= 11 is 7.01. The molecule has 0 radical (unpaired) electrons. The predicted octanol–water partition coefficient (Wildman–Crippen LogP) is 0.355. The summed E-state index contributed by atoms with van der Waals surface area (Å²) in [6, 6.07) is 1.61. The van der Waals surface area contributed by atoms with Gasteiger partial charge in [0.1, 0.15) is 16.5 Å². The minimum Gasteiger partial charge on any atom is -0.369 e. The second-order valence-corrected chi connectivity index (χ2v) is 4.03. The molecule has 0 saturated heterocycles. The number of hydrogen-bond acceptors (Lipinski definition) is 5. The number of carbonyl (C=O) groups is 1. The standard InChI is InChI=1S/C7H6ClN5OS/c8-4-1-6(15-2-5(9)14)13-7(12-4)10-3-11-13/h1,3H,2H2,(H2,9,14). The van der Waals surface area contributed by atoms with E-state index in [4.69, 9.17) is 17.3 Å². The Morgan fingerprint density at radius 2 is 2.47 bits per heavy atom. The lowest BCUT2D eigenvalue weighted by atomic mass is 10.7. The fraction of sp³-hybridized carbons (Fsp3) is 0.143. The zero-order valence-corrected chi connectivity index (χ0v) is 8.99. The van der Waals surface area contributed by atoms with Gasteiger partial charge in [-0.3, -0.25) is 4.79 Å². The number of thioether (sulfide) groups is 1. The molecular formula is C7H6ClN5OS. The van der Waals surface area contributed by atoms with Crippen LogP contribution in [0.5, 0.6) is 0 Å². The molecule has 0 bridgehead atoms. The molecule has 0 aliphatic rings. The molecule has 1 amide bonds. The van der Waals surface area contributed by atoms with Crippen LogP contribution < -0.4 is 5.73 Å². The number of primary amides is 1. The summed E-state index contributed by atoms with van der Waals surface area (Å²) in [5, 5.41) is 4.94. The molecule has 2 aromatic rings. The number of rotatable bonds is 3. The van der Waals surface area contributed by atoms with E-state index >= 15 is 0 Å². The summed E-state index contributed by atoms with van der Waals surface area (Å²) in [7, 11) is 0. The van der Waals surface area contributed by atoms with Gasteiger partial charge in [-0.2, -0.15) is 19.6 Å². The third-order valence-electron chi connectivity index (χ3n) is 1.55. The minimum absolute atomic E-state index is 0.162. The van der Waals surface area contributed by atoms with E-state index in [1.54, 1.807) is 6.07 Å². The Labute approximate surface area is 93.8 Å². The maximum absolute atomic E-state index is 10.6. The summed E-state index contributed by atoms with van der Waals surface area (Å²) in [5.41, 5.74) is 5.04. The third-order valence-corrected chi connectivity index (χ3v) is 2.76. The summed E-state index contributed by atoms with van der Waals surface area (Å²) in [6.07, 6.45) is 1.37. The van der Waals surface area contributed by atoms with Crippen LogP contribution in [0.2, 0.25) is 5.15 Å². The zero-order valence-electron chi connectivity index (χ0n) is 7.42. The lowest BCUT2D eigenvalue weighted by Gasteiger charge is -2.01. The average Bonchev–Trinajstić information content (AvgIpc) is 2.61. The molecule has 2 aromatic heterocycles. The van der Waals surface area contributed by atoms with Gasteiger partial charge in [-0.25, -0.2) is 0 Å². The molecule has 0 aromatic carbocycles. The second-order valence-electron chi connectivity index (χ2n) is 2.64. The first-order chi connectivity index (χ1) is 7.16. The van der Waals surface area contributed by atoms with Crippen LogP contribution in [0.4, 0.5) is 0 Å². The number of halogens is 1. The van der Waals surface area contributed by atoms with Crippen LogP contribution in [0.1, 0.15) is 0 Å². The summed E-state index contributed by atoms with van der Waals surface area (Å²) < 4.78 is 1.50. The quantitative estimate of drug-likeness (QED) is 0.621. The summed E-state index contributed by atoms with van der Waals surface area (Å²) in [5.74, 6) is 0.158. The molecule has 0 fully saturated rings. The SMILES string of the molecule is NC(=O)CSc1cc(Cl)nc2ncnn12. The topological polar surface area (TPSA) is 86.2 Å². The molecule has 8 heteroatoms. The van der Waals surface area contributed by atoms with Crippen molar-refractivity contribution >= 4 is 35.0 Å². The smallest absolute Gasteiger partial charge is 0.254 e. The molecule has 0 spiro atoms. The van der Waals surface area contributed by atoms with E-state index in [1.165, 1.54) is 22.6 Å². The molecule has 15 heavy (non-hydrogen) atoms. The molecule has 0 saturated carbocycles. The van der Waals surface area contributed by atoms with Crippen LogP contribution in [0.3, 0.4) is 0 Å². The number of fused-ring (bicyclic) bond motifs is 1. The minimum atomic E-state index is -0.402. The molecule has 0 aliphatic heterocycles. The fourth-order valence-electron chi connectivity index (χ4n) is 1.01. The highest BCUT2D eigenvalue weighted by Crippen LogP contribution is 2.20. The Kier molecular flexibility index (Phi) is 2.74. The first kappa shape index (κ1) is 10.2. The number of aromatic nitrogens is 4. The normalized spacial score (nSPS) is 10.7. The fourth-order valence-corrected chi connectivity index (χ4v) is 1.99. The number of amides is 1. The molecule has 78 valence electrons. The largest absolute Gasteiger partial charge is 0.369 e. The lowest BCUT2D eigenvalue weighted by Crippen LogP contribution is -2.13. The van der Waals surface area contributed by atoms with Gasteiger partial charge in [-0.1, -0.05) is 23.4 Å². The van der Waals surface area contributed by atoms with Gasteiger partial charge in [0.15, 0.2) is 0 Å². The van der Waals surface area contributed by atoms with Crippen LogP contribution >= 0.6 is 23.4 Å². The lowest BCUT2D eigenvalue weighted by molar-refractivity contribution is -0.115. The van der Waals surface area contributed by atoms with E-state index in [0.717, 1.165) is 0 Å². The predicted molar refractivity (Wildman–Crippen MR) is 55.7 cm³/mol. The van der Waals surface area contributed by atoms with Crippen molar-refractivity contribution in [1.29, 1.82) is 0 Å². The van der Waals surface area contributed by atoms with Crippen molar-refractivity contribution in [3.8, 4) is 0 Å².